The van der Waals surface area contributed by atoms with Gasteiger partial charge in [-0.15, -0.1) is 11.3 Å². The molecule has 112 valence electrons. The van der Waals surface area contributed by atoms with Crippen LogP contribution in [-0.4, -0.2) is 35.2 Å². The first-order valence-electron chi connectivity index (χ1n) is 6.36. The zero-order chi connectivity index (χ0) is 14.4. The lowest BCUT2D eigenvalue weighted by molar-refractivity contribution is -0.490. The standard InChI is InChI=1S/C12H17NO6S/c1-2-18-19-12(11(14)15,16-7-9-3-4-9)17-8-10-13-5-6-20-10/h5-6,9H,2-4,7-8H2,1H3,(H,14,15). The van der Waals surface area contributed by atoms with Gasteiger partial charge in [-0.3, -0.25) is 0 Å². The van der Waals surface area contributed by atoms with Gasteiger partial charge in [-0.2, -0.15) is 4.89 Å². The molecule has 0 aromatic carbocycles. The summed E-state index contributed by atoms with van der Waals surface area (Å²) < 4.78 is 10.6. The molecule has 20 heavy (non-hydrogen) atoms. The maximum atomic E-state index is 11.4. The van der Waals surface area contributed by atoms with Gasteiger partial charge in [0, 0.05) is 11.6 Å². The molecule has 1 aliphatic carbocycles. The average molecular weight is 303 g/mol. The predicted octanol–water partition coefficient (Wildman–Crippen LogP) is 1.79. The highest BCUT2D eigenvalue weighted by atomic mass is 32.1. The number of ether oxygens (including phenoxy) is 2. The highest BCUT2D eigenvalue weighted by Gasteiger charge is 2.46. The fourth-order valence-corrected chi connectivity index (χ4v) is 1.91. The summed E-state index contributed by atoms with van der Waals surface area (Å²) in [6.45, 7) is 2.09. The minimum absolute atomic E-state index is 0.0261. The molecular weight excluding hydrogens is 286 g/mol. The van der Waals surface area contributed by atoms with Crippen LogP contribution in [0.5, 0.6) is 0 Å². The van der Waals surface area contributed by atoms with Crippen molar-refractivity contribution in [3.8, 4) is 0 Å². The third kappa shape index (κ3) is 4.22. The summed E-state index contributed by atoms with van der Waals surface area (Å²) in [7, 11) is 0. The number of carbonyl (C=O) groups is 1. The van der Waals surface area contributed by atoms with Crippen LogP contribution >= 0.6 is 11.3 Å². The van der Waals surface area contributed by atoms with Crippen LogP contribution in [0.25, 0.3) is 0 Å². The van der Waals surface area contributed by atoms with E-state index in [1.54, 1.807) is 18.5 Å². The van der Waals surface area contributed by atoms with Crippen LogP contribution in [-0.2, 0) is 30.7 Å². The molecule has 1 aromatic heterocycles. The lowest BCUT2D eigenvalue weighted by Gasteiger charge is -2.27. The molecule has 8 heteroatoms. The van der Waals surface area contributed by atoms with Gasteiger partial charge in [-0.1, -0.05) is 0 Å². The van der Waals surface area contributed by atoms with Crippen LogP contribution in [0, 0.1) is 5.92 Å². The van der Waals surface area contributed by atoms with Crippen molar-refractivity contribution >= 4 is 17.3 Å². The zero-order valence-electron chi connectivity index (χ0n) is 11.1. The van der Waals surface area contributed by atoms with Gasteiger partial charge >= 0.3 is 11.9 Å². The van der Waals surface area contributed by atoms with Gasteiger partial charge in [-0.05, 0) is 25.7 Å². The summed E-state index contributed by atoms with van der Waals surface area (Å²) in [5.74, 6) is -3.27. The molecule has 0 amide bonds. The SMILES string of the molecule is CCOOC(OCc1nccs1)(OCC1CC1)C(=O)O. The van der Waals surface area contributed by atoms with Crippen LogP contribution in [0.2, 0.25) is 0 Å². The summed E-state index contributed by atoms with van der Waals surface area (Å²) in [5.41, 5.74) is 0. The molecule has 1 atom stereocenters. The molecule has 1 saturated carbocycles. The highest BCUT2D eigenvalue weighted by Crippen LogP contribution is 2.31. The van der Waals surface area contributed by atoms with E-state index in [0.717, 1.165) is 12.8 Å². The van der Waals surface area contributed by atoms with Gasteiger partial charge in [-0.25, -0.2) is 14.7 Å². The van der Waals surface area contributed by atoms with Gasteiger partial charge in [0.25, 0.3) is 0 Å². The zero-order valence-corrected chi connectivity index (χ0v) is 11.9. The van der Waals surface area contributed by atoms with Crippen LogP contribution in [0.1, 0.15) is 24.8 Å². The number of aliphatic carboxylic acids is 1. The molecular formula is C12H17NO6S. The van der Waals surface area contributed by atoms with Crippen molar-refractivity contribution in [3.05, 3.63) is 16.6 Å². The molecule has 1 aliphatic rings. The van der Waals surface area contributed by atoms with Crippen LogP contribution in [0.3, 0.4) is 0 Å². The Morgan fingerprint density at radius 1 is 1.55 bits per heavy atom. The first-order chi connectivity index (χ1) is 9.66. The Balaban J connectivity index is 1.99. The van der Waals surface area contributed by atoms with Crippen molar-refractivity contribution in [1.82, 2.24) is 4.98 Å². The van der Waals surface area contributed by atoms with Crippen molar-refractivity contribution in [1.29, 1.82) is 0 Å². The Bertz CT molecular complexity index is 422. The summed E-state index contributed by atoms with van der Waals surface area (Å²) in [6.07, 6.45) is 3.66. The Labute approximate surface area is 120 Å². The molecule has 0 saturated heterocycles. The molecule has 0 spiro atoms. The maximum absolute atomic E-state index is 11.4. The van der Waals surface area contributed by atoms with Crippen molar-refractivity contribution in [2.75, 3.05) is 13.2 Å². The van der Waals surface area contributed by atoms with E-state index < -0.39 is 11.9 Å². The number of hydrogen-bond acceptors (Lipinski definition) is 7. The van der Waals surface area contributed by atoms with E-state index in [1.165, 1.54) is 11.3 Å². The number of nitrogens with zero attached hydrogens (tertiary/aromatic N) is 1. The largest absolute Gasteiger partial charge is 0.475 e. The number of aromatic nitrogens is 1. The lowest BCUT2D eigenvalue weighted by Crippen LogP contribution is -2.47. The molecule has 1 aromatic rings. The molecule has 0 radical (unpaired) electrons. The number of rotatable bonds is 10. The summed E-state index contributed by atoms with van der Waals surface area (Å²) in [4.78, 5) is 25.0. The molecule has 1 fully saturated rings. The van der Waals surface area contributed by atoms with Crippen molar-refractivity contribution < 1.29 is 29.1 Å². The van der Waals surface area contributed by atoms with Crippen molar-refractivity contribution in [2.24, 2.45) is 5.92 Å². The normalized spacial score (nSPS) is 17.9. The maximum Gasteiger partial charge on any atom is 0.413 e. The minimum Gasteiger partial charge on any atom is -0.475 e. The third-order valence-electron chi connectivity index (χ3n) is 2.62. The predicted molar refractivity (Wildman–Crippen MR) is 68.7 cm³/mol. The Morgan fingerprint density at radius 3 is 2.90 bits per heavy atom. The monoisotopic (exact) mass is 303 g/mol. The quantitative estimate of drug-likeness (QED) is 0.400. The smallest absolute Gasteiger partial charge is 0.413 e. The van der Waals surface area contributed by atoms with Gasteiger partial charge in [0.1, 0.15) is 11.6 Å². The fraction of sp³-hybridized carbons (Fsp3) is 0.667. The molecule has 1 unspecified atom stereocenters. The summed E-state index contributed by atoms with van der Waals surface area (Å²) in [6, 6.07) is 0. The minimum atomic E-state index is -2.25. The number of thiazole rings is 1. The highest BCUT2D eigenvalue weighted by molar-refractivity contribution is 7.09. The van der Waals surface area contributed by atoms with E-state index in [2.05, 4.69) is 4.98 Å². The molecule has 2 rings (SSSR count). The topological polar surface area (TPSA) is 87.1 Å². The van der Waals surface area contributed by atoms with E-state index >= 15 is 0 Å². The molecule has 0 aliphatic heterocycles. The van der Waals surface area contributed by atoms with Crippen molar-refractivity contribution in [2.45, 2.75) is 32.3 Å². The van der Waals surface area contributed by atoms with Crippen molar-refractivity contribution in [3.63, 3.8) is 0 Å². The Morgan fingerprint density at radius 2 is 2.35 bits per heavy atom. The van der Waals surface area contributed by atoms with Gasteiger partial charge in [0.15, 0.2) is 0 Å². The van der Waals surface area contributed by atoms with Gasteiger partial charge in [0.2, 0.25) is 0 Å². The van der Waals surface area contributed by atoms with Crippen LogP contribution in [0.4, 0.5) is 0 Å². The molecule has 1 heterocycles. The second kappa shape index (κ2) is 7.09. The number of carboxylic acids is 1. The van der Waals surface area contributed by atoms with E-state index in [0.29, 0.717) is 10.9 Å². The van der Waals surface area contributed by atoms with E-state index in [9.17, 15) is 9.90 Å². The number of carboxylic acid groups (broad SMARTS) is 1. The number of hydrogen-bond donors (Lipinski definition) is 1. The first-order valence-corrected chi connectivity index (χ1v) is 7.24. The van der Waals surface area contributed by atoms with E-state index in [1.807, 2.05) is 0 Å². The third-order valence-corrected chi connectivity index (χ3v) is 3.38. The summed E-state index contributed by atoms with van der Waals surface area (Å²) >= 11 is 1.35. The first kappa shape index (κ1) is 15.3. The van der Waals surface area contributed by atoms with E-state index in [4.69, 9.17) is 19.2 Å². The molecule has 7 nitrogen and oxygen atoms in total. The Kier molecular flexibility index (Phi) is 5.44. The summed E-state index contributed by atoms with van der Waals surface area (Å²) in [5, 5.41) is 11.7. The molecule has 1 N–H and O–H groups in total. The van der Waals surface area contributed by atoms with Gasteiger partial charge < -0.3 is 14.6 Å². The average Bonchev–Trinajstić information content (AvgIpc) is 3.12. The van der Waals surface area contributed by atoms with Crippen LogP contribution < -0.4 is 0 Å². The second-order valence-electron chi connectivity index (χ2n) is 4.32. The molecule has 0 bridgehead atoms. The van der Waals surface area contributed by atoms with E-state index in [-0.39, 0.29) is 19.8 Å². The second-order valence-corrected chi connectivity index (χ2v) is 5.30. The Hall–Kier alpha value is -1.06. The fourth-order valence-electron chi connectivity index (χ4n) is 1.38. The van der Waals surface area contributed by atoms with Crippen LogP contribution in [0.15, 0.2) is 11.6 Å². The lowest BCUT2D eigenvalue weighted by atomic mass is 10.4. The van der Waals surface area contributed by atoms with Gasteiger partial charge in [0.05, 0.1) is 13.2 Å².